The van der Waals surface area contributed by atoms with E-state index < -0.39 is 0 Å². The zero-order valence-electron chi connectivity index (χ0n) is 12.4. The first-order valence-electron chi connectivity index (χ1n) is 7.06. The highest BCUT2D eigenvalue weighted by atomic mass is 32.1. The van der Waals surface area contributed by atoms with Crippen LogP contribution >= 0.6 is 11.3 Å². The summed E-state index contributed by atoms with van der Waals surface area (Å²) in [5.74, 6) is 2.41. The second kappa shape index (κ2) is 5.44. The molecule has 0 unspecified atom stereocenters. The highest BCUT2D eigenvalue weighted by Crippen LogP contribution is 2.31. The number of nitrogen functional groups attached to an aromatic ring is 1. The summed E-state index contributed by atoms with van der Waals surface area (Å²) in [5.41, 5.74) is 7.00. The fraction of sp³-hybridized carbons (Fsp3) is 0.125. The van der Waals surface area contributed by atoms with Crippen LogP contribution in [0.15, 0.2) is 41.2 Å². The second-order valence-electron chi connectivity index (χ2n) is 5.15. The third-order valence-electron chi connectivity index (χ3n) is 3.41. The molecule has 4 rings (SSSR count). The van der Waals surface area contributed by atoms with Crippen molar-refractivity contribution in [3.05, 3.63) is 53.1 Å². The van der Waals surface area contributed by atoms with Crippen LogP contribution < -0.4 is 5.73 Å². The minimum absolute atomic E-state index is 0.459. The van der Waals surface area contributed by atoms with E-state index in [1.54, 1.807) is 29.9 Å². The molecular formula is C16H13N5OS. The van der Waals surface area contributed by atoms with Crippen LogP contribution in [0.1, 0.15) is 16.3 Å². The summed E-state index contributed by atoms with van der Waals surface area (Å²) in [6.45, 7) is 1.88. The predicted octanol–water partition coefficient (Wildman–Crippen LogP) is 3.22. The Morgan fingerprint density at radius 2 is 2.13 bits per heavy atom. The van der Waals surface area contributed by atoms with E-state index in [-0.39, 0.29) is 0 Å². The van der Waals surface area contributed by atoms with E-state index in [4.69, 9.17) is 10.2 Å². The second-order valence-corrected chi connectivity index (χ2v) is 6.26. The normalized spacial score (nSPS) is 11.2. The highest BCUT2D eigenvalue weighted by Gasteiger charge is 2.13. The quantitative estimate of drug-likeness (QED) is 0.622. The zero-order valence-corrected chi connectivity index (χ0v) is 13.2. The van der Waals surface area contributed by atoms with E-state index in [2.05, 4.69) is 19.9 Å². The fourth-order valence-corrected chi connectivity index (χ4v) is 3.40. The number of fused-ring (bicyclic) bond motifs is 1. The number of nitrogens with zero attached hydrogens (tertiary/aromatic N) is 4. The van der Waals surface area contributed by atoms with Gasteiger partial charge >= 0.3 is 0 Å². The third kappa shape index (κ3) is 2.66. The molecule has 23 heavy (non-hydrogen) atoms. The summed E-state index contributed by atoms with van der Waals surface area (Å²) in [6.07, 6.45) is 5.81. The number of aromatic nitrogens is 4. The van der Waals surface area contributed by atoms with Crippen LogP contribution in [0.5, 0.6) is 0 Å². The lowest BCUT2D eigenvalue weighted by Crippen LogP contribution is -1.95. The van der Waals surface area contributed by atoms with Gasteiger partial charge in [0.1, 0.15) is 16.4 Å². The van der Waals surface area contributed by atoms with Gasteiger partial charge in [-0.2, -0.15) is 0 Å². The van der Waals surface area contributed by atoms with Gasteiger partial charge in [0, 0.05) is 29.9 Å². The smallest absolute Gasteiger partial charge is 0.199 e. The number of thiophene rings is 1. The van der Waals surface area contributed by atoms with Crippen LogP contribution in [0.25, 0.3) is 21.8 Å². The molecule has 6 nitrogen and oxygen atoms in total. The molecule has 0 fully saturated rings. The number of anilines is 1. The molecule has 7 heteroatoms. The van der Waals surface area contributed by atoms with E-state index in [1.807, 2.05) is 25.1 Å². The minimum atomic E-state index is 0.459. The molecule has 0 radical (unpaired) electrons. The Balaban J connectivity index is 1.75. The Labute approximate surface area is 136 Å². The molecule has 4 aromatic heterocycles. The van der Waals surface area contributed by atoms with Crippen molar-refractivity contribution >= 4 is 27.4 Å². The van der Waals surface area contributed by atoms with Crippen molar-refractivity contribution in [3.63, 3.8) is 0 Å². The average molecular weight is 323 g/mol. The molecule has 0 bridgehead atoms. The maximum Gasteiger partial charge on any atom is 0.199 e. The molecule has 0 spiro atoms. The summed E-state index contributed by atoms with van der Waals surface area (Å²) in [5, 5.41) is 0.862. The molecule has 0 saturated heterocycles. The minimum Gasteiger partial charge on any atom is -0.458 e. The highest BCUT2D eigenvalue weighted by molar-refractivity contribution is 7.18. The molecule has 2 N–H and O–H groups in total. The van der Waals surface area contributed by atoms with Crippen LogP contribution in [0.4, 0.5) is 5.82 Å². The molecular weight excluding hydrogens is 310 g/mol. The number of aryl methyl sites for hydroxylation is 1. The van der Waals surface area contributed by atoms with Gasteiger partial charge < -0.3 is 10.2 Å². The van der Waals surface area contributed by atoms with E-state index in [0.717, 1.165) is 26.5 Å². The van der Waals surface area contributed by atoms with Gasteiger partial charge in [0.15, 0.2) is 11.6 Å². The van der Waals surface area contributed by atoms with Gasteiger partial charge in [-0.1, -0.05) is 0 Å². The summed E-state index contributed by atoms with van der Waals surface area (Å²) >= 11 is 1.58. The number of hydrogen-bond donors (Lipinski definition) is 1. The Morgan fingerprint density at radius 3 is 2.87 bits per heavy atom. The van der Waals surface area contributed by atoms with Gasteiger partial charge in [-0.25, -0.2) is 9.97 Å². The van der Waals surface area contributed by atoms with Crippen LogP contribution in [-0.2, 0) is 6.42 Å². The topological polar surface area (TPSA) is 90.7 Å². The lowest BCUT2D eigenvalue weighted by molar-refractivity contribution is 0.544. The van der Waals surface area contributed by atoms with Crippen LogP contribution in [0.2, 0.25) is 0 Å². The summed E-state index contributed by atoms with van der Waals surface area (Å²) < 4.78 is 5.58. The molecule has 0 aliphatic carbocycles. The molecule has 4 heterocycles. The Kier molecular flexibility index (Phi) is 3.27. The molecule has 0 aliphatic rings. The molecule has 0 saturated carbocycles. The Hall–Kier alpha value is -2.80. The van der Waals surface area contributed by atoms with Gasteiger partial charge in [0.25, 0.3) is 0 Å². The first-order valence-corrected chi connectivity index (χ1v) is 7.88. The SMILES string of the molecule is Cc1ccc(-c2nc(N)c3cc(Cc4cnccn4)sc3n2)o1. The van der Waals surface area contributed by atoms with Crippen molar-refractivity contribution in [2.45, 2.75) is 13.3 Å². The first-order chi connectivity index (χ1) is 11.2. The summed E-state index contributed by atoms with van der Waals surface area (Å²) in [6, 6.07) is 5.75. The van der Waals surface area contributed by atoms with Crippen molar-refractivity contribution in [3.8, 4) is 11.6 Å². The van der Waals surface area contributed by atoms with Gasteiger partial charge in [-0.3, -0.25) is 9.97 Å². The lowest BCUT2D eigenvalue weighted by atomic mass is 10.2. The predicted molar refractivity (Wildman–Crippen MR) is 89.1 cm³/mol. The molecule has 0 aromatic carbocycles. The fourth-order valence-electron chi connectivity index (χ4n) is 2.35. The van der Waals surface area contributed by atoms with Gasteiger partial charge in [0.05, 0.1) is 11.1 Å². The van der Waals surface area contributed by atoms with Crippen molar-refractivity contribution in [1.29, 1.82) is 0 Å². The van der Waals surface area contributed by atoms with Gasteiger partial charge in [0.2, 0.25) is 0 Å². The third-order valence-corrected chi connectivity index (χ3v) is 4.43. The van der Waals surface area contributed by atoms with E-state index >= 15 is 0 Å². The number of hydrogen-bond acceptors (Lipinski definition) is 7. The van der Waals surface area contributed by atoms with Gasteiger partial charge in [-0.05, 0) is 25.1 Å². The molecule has 0 amide bonds. The Morgan fingerprint density at radius 1 is 1.22 bits per heavy atom. The van der Waals surface area contributed by atoms with Crippen molar-refractivity contribution in [2.24, 2.45) is 0 Å². The molecule has 4 aromatic rings. The van der Waals surface area contributed by atoms with Gasteiger partial charge in [-0.15, -0.1) is 11.3 Å². The van der Waals surface area contributed by atoms with Crippen LogP contribution in [-0.4, -0.2) is 19.9 Å². The standard InChI is InChI=1S/C16H13N5OS/c1-9-2-3-13(22-9)15-20-14(17)12-7-11(23-16(12)21-15)6-10-8-18-4-5-19-10/h2-5,7-8H,6H2,1H3,(H2,17,20,21). The van der Waals surface area contributed by atoms with Crippen molar-refractivity contribution in [1.82, 2.24) is 19.9 Å². The molecule has 114 valence electrons. The Bertz CT molecular complexity index is 977. The van der Waals surface area contributed by atoms with Crippen LogP contribution in [0, 0.1) is 6.92 Å². The largest absolute Gasteiger partial charge is 0.458 e. The molecule has 0 aliphatic heterocycles. The summed E-state index contributed by atoms with van der Waals surface area (Å²) in [4.78, 5) is 19.3. The average Bonchev–Trinajstić information content (AvgIpc) is 3.14. The number of nitrogens with two attached hydrogens (primary N) is 1. The van der Waals surface area contributed by atoms with Crippen molar-refractivity contribution in [2.75, 3.05) is 5.73 Å². The zero-order chi connectivity index (χ0) is 15.8. The van der Waals surface area contributed by atoms with Crippen LogP contribution in [0.3, 0.4) is 0 Å². The number of rotatable bonds is 3. The maximum atomic E-state index is 6.09. The lowest BCUT2D eigenvalue weighted by Gasteiger charge is -1.99. The summed E-state index contributed by atoms with van der Waals surface area (Å²) in [7, 11) is 0. The van der Waals surface area contributed by atoms with Crippen molar-refractivity contribution < 1.29 is 4.42 Å². The monoisotopic (exact) mass is 323 g/mol. The van der Waals surface area contributed by atoms with E-state index in [0.29, 0.717) is 23.8 Å². The van der Waals surface area contributed by atoms with E-state index in [9.17, 15) is 0 Å². The number of furan rings is 1. The van der Waals surface area contributed by atoms with E-state index in [1.165, 1.54) is 0 Å². The first kappa shape index (κ1) is 13.8. The molecule has 0 atom stereocenters. The maximum absolute atomic E-state index is 6.09.